The molecule has 2 aromatic rings. The summed E-state index contributed by atoms with van der Waals surface area (Å²) >= 11 is 0. The maximum Gasteiger partial charge on any atom is 0.231 e. The zero-order chi connectivity index (χ0) is 12.9. The number of aromatic nitrogens is 2. The number of hydrogen-bond acceptors (Lipinski definition) is 4. The third kappa shape index (κ3) is 1.44. The van der Waals surface area contributed by atoms with Crippen molar-refractivity contribution in [2.24, 2.45) is 7.05 Å². The van der Waals surface area contributed by atoms with Gasteiger partial charge in [-0.3, -0.25) is 4.68 Å². The van der Waals surface area contributed by atoms with Gasteiger partial charge in [-0.25, -0.2) is 0 Å². The monoisotopic (exact) mass is 245 g/mol. The van der Waals surface area contributed by atoms with Gasteiger partial charge in [0.15, 0.2) is 11.5 Å². The van der Waals surface area contributed by atoms with Crippen LogP contribution < -0.4 is 15.2 Å². The van der Waals surface area contributed by atoms with E-state index >= 15 is 0 Å². The van der Waals surface area contributed by atoms with E-state index in [1.165, 1.54) is 0 Å². The van der Waals surface area contributed by atoms with Crippen LogP contribution in [0.3, 0.4) is 0 Å². The summed E-state index contributed by atoms with van der Waals surface area (Å²) < 4.78 is 12.7. The Hall–Kier alpha value is -2.17. The predicted molar refractivity (Wildman–Crippen MR) is 68.7 cm³/mol. The molecule has 18 heavy (non-hydrogen) atoms. The van der Waals surface area contributed by atoms with E-state index in [0.29, 0.717) is 5.82 Å². The Morgan fingerprint density at radius 3 is 2.61 bits per heavy atom. The molecule has 0 aliphatic carbocycles. The van der Waals surface area contributed by atoms with E-state index in [0.717, 1.165) is 33.9 Å². The Morgan fingerprint density at radius 2 is 1.94 bits per heavy atom. The number of benzene rings is 1. The number of fused-ring (bicyclic) bond motifs is 1. The van der Waals surface area contributed by atoms with Crippen LogP contribution in [0, 0.1) is 13.8 Å². The molecule has 5 heteroatoms. The molecule has 0 saturated heterocycles. The summed E-state index contributed by atoms with van der Waals surface area (Å²) in [5, 5.41) is 4.38. The van der Waals surface area contributed by atoms with Gasteiger partial charge in [-0.05, 0) is 31.0 Å². The molecule has 1 aromatic carbocycles. The molecular weight excluding hydrogens is 230 g/mol. The molecule has 0 saturated carbocycles. The van der Waals surface area contributed by atoms with Crippen molar-refractivity contribution in [1.82, 2.24) is 9.78 Å². The number of ether oxygens (including phenoxy) is 2. The number of aryl methyl sites for hydroxylation is 2. The molecule has 2 N–H and O–H groups in total. The van der Waals surface area contributed by atoms with Crippen molar-refractivity contribution >= 4 is 5.82 Å². The van der Waals surface area contributed by atoms with E-state index < -0.39 is 0 Å². The average Bonchev–Trinajstić information content (AvgIpc) is 2.92. The fraction of sp³-hybridized carbons (Fsp3) is 0.308. The summed E-state index contributed by atoms with van der Waals surface area (Å²) in [6.07, 6.45) is 0. The Kier molecular flexibility index (Phi) is 2.23. The van der Waals surface area contributed by atoms with Gasteiger partial charge in [0, 0.05) is 18.7 Å². The molecule has 0 atom stereocenters. The SMILES string of the molecule is Cc1cc(-c2cc(N)n(C)n2)c2c(c1C)OCO2. The zero-order valence-electron chi connectivity index (χ0n) is 10.7. The lowest BCUT2D eigenvalue weighted by molar-refractivity contribution is 0.173. The van der Waals surface area contributed by atoms with E-state index in [2.05, 4.69) is 11.2 Å². The van der Waals surface area contributed by atoms with Crippen molar-refractivity contribution < 1.29 is 9.47 Å². The van der Waals surface area contributed by atoms with E-state index in [1.807, 2.05) is 27.0 Å². The van der Waals surface area contributed by atoms with E-state index in [-0.39, 0.29) is 6.79 Å². The van der Waals surface area contributed by atoms with E-state index in [4.69, 9.17) is 15.2 Å². The second-order valence-corrected chi connectivity index (χ2v) is 4.51. The maximum absolute atomic E-state index is 5.82. The molecule has 5 nitrogen and oxygen atoms in total. The molecule has 0 spiro atoms. The zero-order valence-corrected chi connectivity index (χ0v) is 10.7. The van der Waals surface area contributed by atoms with Gasteiger partial charge in [-0.2, -0.15) is 5.10 Å². The van der Waals surface area contributed by atoms with Crippen LogP contribution in [0.15, 0.2) is 12.1 Å². The van der Waals surface area contributed by atoms with Gasteiger partial charge < -0.3 is 15.2 Å². The van der Waals surface area contributed by atoms with Gasteiger partial charge >= 0.3 is 0 Å². The average molecular weight is 245 g/mol. The number of anilines is 1. The van der Waals surface area contributed by atoms with Gasteiger partial charge in [0.1, 0.15) is 5.82 Å². The van der Waals surface area contributed by atoms with E-state index in [1.54, 1.807) is 4.68 Å². The summed E-state index contributed by atoms with van der Waals surface area (Å²) in [5.41, 5.74) is 9.81. The van der Waals surface area contributed by atoms with Crippen LogP contribution in [0.1, 0.15) is 11.1 Å². The molecule has 0 amide bonds. The molecule has 0 bridgehead atoms. The highest BCUT2D eigenvalue weighted by molar-refractivity contribution is 5.75. The summed E-state index contributed by atoms with van der Waals surface area (Å²) in [7, 11) is 1.82. The van der Waals surface area contributed by atoms with Crippen LogP contribution >= 0.6 is 0 Å². The minimum atomic E-state index is 0.259. The first-order valence-electron chi connectivity index (χ1n) is 5.77. The minimum Gasteiger partial charge on any atom is -0.453 e. The highest BCUT2D eigenvalue weighted by Gasteiger charge is 2.24. The van der Waals surface area contributed by atoms with Crippen LogP contribution in [0.25, 0.3) is 11.3 Å². The van der Waals surface area contributed by atoms with Gasteiger partial charge in [-0.1, -0.05) is 0 Å². The van der Waals surface area contributed by atoms with Crippen LogP contribution in [0.5, 0.6) is 11.5 Å². The maximum atomic E-state index is 5.82. The van der Waals surface area contributed by atoms with Crippen molar-refractivity contribution in [3.63, 3.8) is 0 Å². The fourth-order valence-electron chi connectivity index (χ4n) is 2.13. The number of hydrogen-bond donors (Lipinski definition) is 1. The molecule has 1 aliphatic heterocycles. The molecule has 2 heterocycles. The van der Waals surface area contributed by atoms with Crippen molar-refractivity contribution in [2.75, 3.05) is 12.5 Å². The Balaban J connectivity index is 2.24. The van der Waals surface area contributed by atoms with Crippen LogP contribution in [0.4, 0.5) is 5.82 Å². The Morgan fingerprint density at radius 1 is 1.22 bits per heavy atom. The van der Waals surface area contributed by atoms with Crippen molar-refractivity contribution in [3.05, 3.63) is 23.3 Å². The molecule has 0 fully saturated rings. The lowest BCUT2D eigenvalue weighted by Gasteiger charge is -2.08. The summed E-state index contributed by atoms with van der Waals surface area (Å²) in [6.45, 7) is 4.33. The largest absolute Gasteiger partial charge is 0.453 e. The van der Waals surface area contributed by atoms with Crippen LogP contribution in [-0.2, 0) is 7.05 Å². The second kappa shape index (κ2) is 3.66. The number of nitrogens with zero attached hydrogens (tertiary/aromatic N) is 2. The topological polar surface area (TPSA) is 62.3 Å². The third-order valence-corrected chi connectivity index (χ3v) is 3.34. The lowest BCUT2D eigenvalue weighted by atomic mass is 10.0. The standard InChI is InChI=1S/C13H15N3O2/c1-7-4-9(10-5-11(14)16(3)15-10)13-12(8(7)2)17-6-18-13/h4-5H,6,14H2,1-3H3. The third-order valence-electron chi connectivity index (χ3n) is 3.34. The fourth-order valence-corrected chi connectivity index (χ4v) is 2.13. The Bertz CT molecular complexity index is 612. The normalized spacial score (nSPS) is 13.1. The predicted octanol–water partition coefficient (Wildman–Crippen LogP) is 2.01. The summed E-state index contributed by atoms with van der Waals surface area (Å²) in [5.74, 6) is 2.20. The summed E-state index contributed by atoms with van der Waals surface area (Å²) in [4.78, 5) is 0. The smallest absolute Gasteiger partial charge is 0.231 e. The number of nitrogen functional groups attached to an aromatic ring is 1. The van der Waals surface area contributed by atoms with Gasteiger partial charge in [0.25, 0.3) is 0 Å². The number of nitrogens with two attached hydrogens (primary N) is 1. The first-order valence-corrected chi connectivity index (χ1v) is 5.77. The highest BCUT2D eigenvalue weighted by Crippen LogP contribution is 2.44. The Labute approximate surface area is 105 Å². The second-order valence-electron chi connectivity index (χ2n) is 4.51. The van der Waals surface area contributed by atoms with E-state index in [9.17, 15) is 0 Å². The molecule has 94 valence electrons. The molecule has 0 radical (unpaired) electrons. The lowest BCUT2D eigenvalue weighted by Crippen LogP contribution is -1.96. The quantitative estimate of drug-likeness (QED) is 0.834. The summed E-state index contributed by atoms with van der Waals surface area (Å²) in [6, 6.07) is 3.90. The molecule has 1 aliphatic rings. The van der Waals surface area contributed by atoms with Gasteiger partial charge in [0.2, 0.25) is 6.79 Å². The highest BCUT2D eigenvalue weighted by atomic mass is 16.7. The molecule has 0 unspecified atom stereocenters. The van der Waals surface area contributed by atoms with Crippen LogP contribution in [0.2, 0.25) is 0 Å². The molecular formula is C13H15N3O2. The first kappa shape index (κ1) is 11.0. The van der Waals surface area contributed by atoms with Gasteiger partial charge in [0.05, 0.1) is 5.69 Å². The minimum absolute atomic E-state index is 0.259. The van der Waals surface area contributed by atoms with Gasteiger partial charge in [-0.15, -0.1) is 0 Å². The molecule has 3 rings (SSSR count). The van der Waals surface area contributed by atoms with Crippen LogP contribution in [-0.4, -0.2) is 16.6 Å². The molecule has 1 aromatic heterocycles. The van der Waals surface area contributed by atoms with Crippen molar-refractivity contribution in [2.45, 2.75) is 13.8 Å². The number of rotatable bonds is 1. The van der Waals surface area contributed by atoms with Crippen molar-refractivity contribution in [3.8, 4) is 22.8 Å². The first-order chi connectivity index (χ1) is 8.58. The van der Waals surface area contributed by atoms with Crippen molar-refractivity contribution in [1.29, 1.82) is 0 Å².